The van der Waals surface area contributed by atoms with Crippen LogP contribution in [-0.2, 0) is 11.2 Å². The molecule has 0 aliphatic rings. The quantitative estimate of drug-likeness (QED) is 0.474. The number of urea groups is 1. The number of aryl methyl sites for hydroxylation is 1. The van der Waals surface area contributed by atoms with Gasteiger partial charge < -0.3 is 15.8 Å². The van der Waals surface area contributed by atoms with Gasteiger partial charge in [0, 0.05) is 18.0 Å². The van der Waals surface area contributed by atoms with Gasteiger partial charge in [-0.05, 0) is 55.3 Å². The number of amides is 3. The van der Waals surface area contributed by atoms with Gasteiger partial charge in [0.1, 0.15) is 11.5 Å². The van der Waals surface area contributed by atoms with Crippen LogP contribution < -0.4 is 15.8 Å². The second kappa shape index (κ2) is 9.80. The van der Waals surface area contributed by atoms with Crippen LogP contribution in [0.2, 0.25) is 5.02 Å². The van der Waals surface area contributed by atoms with E-state index in [-0.39, 0.29) is 18.9 Å². The lowest BCUT2D eigenvalue weighted by molar-refractivity contribution is -0.122. The Morgan fingerprint density at radius 1 is 1.22 bits per heavy atom. The van der Waals surface area contributed by atoms with E-state index in [2.05, 4.69) is 5.32 Å². The van der Waals surface area contributed by atoms with Crippen molar-refractivity contribution in [2.75, 3.05) is 6.54 Å². The molecule has 0 saturated heterocycles. The molecule has 2 rings (SSSR count). The molecule has 7 nitrogen and oxygen atoms in total. The summed E-state index contributed by atoms with van der Waals surface area (Å²) in [7, 11) is 0. The van der Waals surface area contributed by atoms with Crippen LogP contribution in [0, 0.1) is 0 Å². The number of nitrogens with one attached hydrogen (secondary N) is 1. The first kappa shape index (κ1) is 20.5. The number of rotatable bonds is 8. The van der Waals surface area contributed by atoms with Crippen LogP contribution in [0.25, 0.3) is 0 Å². The monoisotopic (exact) mass is 391 g/mol. The fourth-order valence-corrected chi connectivity index (χ4v) is 2.44. The Balaban J connectivity index is 1.82. The van der Waals surface area contributed by atoms with Crippen LogP contribution in [0.1, 0.15) is 18.9 Å². The molecule has 4 N–H and O–H groups in total. The third-order valence-corrected chi connectivity index (χ3v) is 4.08. The van der Waals surface area contributed by atoms with Gasteiger partial charge in [0.05, 0.1) is 6.04 Å². The van der Waals surface area contributed by atoms with Crippen molar-refractivity contribution in [3.8, 4) is 11.5 Å². The highest BCUT2D eigenvalue weighted by atomic mass is 35.5. The molecule has 8 heteroatoms. The molecule has 0 aromatic heterocycles. The Labute approximate surface area is 162 Å². The molecule has 0 aliphatic carbocycles. The molecule has 1 atom stereocenters. The summed E-state index contributed by atoms with van der Waals surface area (Å²) >= 11 is 5.86. The van der Waals surface area contributed by atoms with E-state index < -0.39 is 12.1 Å². The van der Waals surface area contributed by atoms with Crippen LogP contribution >= 0.6 is 11.6 Å². The Hall–Kier alpha value is -2.77. The number of benzene rings is 2. The van der Waals surface area contributed by atoms with Gasteiger partial charge in [0.25, 0.3) is 0 Å². The summed E-state index contributed by atoms with van der Waals surface area (Å²) in [5.41, 5.74) is 5.91. The average molecular weight is 392 g/mol. The van der Waals surface area contributed by atoms with Crippen molar-refractivity contribution >= 4 is 23.5 Å². The van der Waals surface area contributed by atoms with Crippen LogP contribution in [0.4, 0.5) is 4.79 Å². The lowest BCUT2D eigenvalue weighted by Crippen LogP contribution is -2.45. The molecule has 1 unspecified atom stereocenters. The molecule has 0 saturated carbocycles. The smallest absolute Gasteiger partial charge is 0.338 e. The molecule has 0 bridgehead atoms. The normalized spacial score (nSPS) is 11.5. The minimum atomic E-state index is -0.964. The van der Waals surface area contributed by atoms with Gasteiger partial charge in [0.2, 0.25) is 5.91 Å². The van der Waals surface area contributed by atoms with Crippen molar-refractivity contribution in [2.45, 2.75) is 25.8 Å². The number of nitrogens with two attached hydrogens (primary N) is 1. The summed E-state index contributed by atoms with van der Waals surface area (Å²) in [6, 6.07) is 12.9. The molecular formula is C19H22ClN3O4. The second-order valence-electron chi connectivity index (χ2n) is 6.04. The van der Waals surface area contributed by atoms with Gasteiger partial charge in [-0.2, -0.15) is 0 Å². The van der Waals surface area contributed by atoms with E-state index in [4.69, 9.17) is 22.1 Å². The van der Waals surface area contributed by atoms with Crippen LogP contribution in [0.15, 0.2) is 48.5 Å². The average Bonchev–Trinajstić information content (AvgIpc) is 2.66. The third-order valence-electron chi connectivity index (χ3n) is 3.83. The van der Waals surface area contributed by atoms with E-state index in [9.17, 15) is 14.8 Å². The second-order valence-corrected chi connectivity index (χ2v) is 6.48. The third kappa shape index (κ3) is 6.80. The molecular weight excluding hydrogens is 370 g/mol. The summed E-state index contributed by atoms with van der Waals surface area (Å²) in [5, 5.41) is 13.0. The van der Waals surface area contributed by atoms with Crippen LogP contribution in [0.3, 0.4) is 0 Å². The molecule has 0 fully saturated rings. The lowest BCUT2D eigenvalue weighted by atomic mass is 10.1. The fourth-order valence-electron chi connectivity index (χ4n) is 2.31. The first-order valence-electron chi connectivity index (χ1n) is 8.41. The number of hydrogen-bond donors (Lipinski definition) is 3. The number of hydroxylamine groups is 2. The van der Waals surface area contributed by atoms with Crippen LogP contribution in [0.5, 0.6) is 11.5 Å². The zero-order valence-corrected chi connectivity index (χ0v) is 15.6. The van der Waals surface area contributed by atoms with Crippen molar-refractivity contribution in [3.05, 3.63) is 59.1 Å². The minimum absolute atomic E-state index is 0.109. The van der Waals surface area contributed by atoms with Gasteiger partial charge in [-0.25, -0.2) is 9.86 Å². The van der Waals surface area contributed by atoms with Crippen molar-refractivity contribution in [3.63, 3.8) is 0 Å². The predicted octanol–water partition coefficient (Wildman–Crippen LogP) is 3.34. The van der Waals surface area contributed by atoms with E-state index in [1.807, 2.05) is 24.3 Å². The standard InChI is InChI=1S/C19H22ClN3O4/c1-13(23(26)19(21)25)12-22-18(24)10-5-14-3-2-4-17(11-14)27-16-8-6-15(20)7-9-16/h2-4,6-9,11,13,26H,5,10,12H2,1H3,(H2,21,25)(H,22,24). The maximum Gasteiger partial charge on any atom is 0.338 e. The van der Waals surface area contributed by atoms with E-state index in [1.165, 1.54) is 0 Å². The first-order valence-corrected chi connectivity index (χ1v) is 8.79. The number of carbonyl (C=O) groups excluding carboxylic acids is 2. The molecule has 3 amide bonds. The number of carbonyl (C=O) groups is 2. The van der Waals surface area contributed by atoms with Crippen molar-refractivity contribution in [2.24, 2.45) is 5.73 Å². The van der Waals surface area contributed by atoms with Crippen molar-refractivity contribution < 1.29 is 19.5 Å². The van der Waals surface area contributed by atoms with Crippen molar-refractivity contribution in [1.82, 2.24) is 10.4 Å². The highest BCUT2D eigenvalue weighted by Gasteiger charge is 2.15. The highest BCUT2D eigenvalue weighted by molar-refractivity contribution is 6.30. The topological polar surface area (TPSA) is 105 Å². The van der Waals surface area contributed by atoms with Gasteiger partial charge in [-0.15, -0.1) is 0 Å². The molecule has 2 aromatic rings. The van der Waals surface area contributed by atoms with Crippen molar-refractivity contribution in [1.29, 1.82) is 0 Å². The predicted molar refractivity (Wildman–Crippen MR) is 102 cm³/mol. The van der Waals surface area contributed by atoms with E-state index in [0.717, 1.165) is 5.56 Å². The summed E-state index contributed by atoms with van der Waals surface area (Å²) in [5.74, 6) is 1.15. The summed E-state index contributed by atoms with van der Waals surface area (Å²) in [4.78, 5) is 22.8. The Bertz CT molecular complexity index is 783. The minimum Gasteiger partial charge on any atom is -0.457 e. The summed E-state index contributed by atoms with van der Waals surface area (Å²) < 4.78 is 5.77. The lowest BCUT2D eigenvalue weighted by Gasteiger charge is -2.20. The Morgan fingerprint density at radius 2 is 1.93 bits per heavy atom. The molecule has 2 aromatic carbocycles. The van der Waals surface area contributed by atoms with Crippen LogP contribution in [-0.4, -0.2) is 34.8 Å². The highest BCUT2D eigenvalue weighted by Crippen LogP contribution is 2.24. The summed E-state index contributed by atoms with van der Waals surface area (Å²) in [6.45, 7) is 1.68. The maximum atomic E-state index is 11.9. The molecule has 0 spiro atoms. The largest absolute Gasteiger partial charge is 0.457 e. The maximum absolute atomic E-state index is 11.9. The van der Waals surface area contributed by atoms with Gasteiger partial charge in [-0.3, -0.25) is 10.0 Å². The number of halogens is 1. The van der Waals surface area contributed by atoms with E-state index in [0.29, 0.717) is 28.0 Å². The molecule has 0 radical (unpaired) electrons. The number of ether oxygens (including phenoxy) is 1. The first-order chi connectivity index (χ1) is 12.8. The molecule has 0 heterocycles. The molecule has 27 heavy (non-hydrogen) atoms. The zero-order chi connectivity index (χ0) is 19.8. The number of primary amides is 1. The number of nitrogens with zero attached hydrogens (tertiary/aromatic N) is 1. The summed E-state index contributed by atoms with van der Waals surface area (Å²) in [6.07, 6.45) is 0.788. The SMILES string of the molecule is CC(CNC(=O)CCc1cccc(Oc2ccc(Cl)cc2)c1)N(O)C(N)=O. The fraction of sp³-hybridized carbons (Fsp3) is 0.263. The van der Waals surface area contributed by atoms with Gasteiger partial charge in [0.15, 0.2) is 0 Å². The molecule has 0 aliphatic heterocycles. The van der Waals surface area contributed by atoms with Gasteiger partial charge >= 0.3 is 6.03 Å². The number of hydrogen-bond acceptors (Lipinski definition) is 4. The Morgan fingerprint density at radius 3 is 2.59 bits per heavy atom. The van der Waals surface area contributed by atoms with Gasteiger partial charge in [-0.1, -0.05) is 23.7 Å². The van der Waals surface area contributed by atoms with E-state index >= 15 is 0 Å². The Kier molecular flexibility index (Phi) is 7.45. The van der Waals surface area contributed by atoms with E-state index in [1.54, 1.807) is 31.2 Å². The molecule has 144 valence electrons. The zero-order valence-electron chi connectivity index (χ0n) is 14.9.